The molecule has 0 spiro atoms. The van der Waals surface area contributed by atoms with E-state index in [4.69, 9.17) is 4.74 Å². The maximum Gasteiger partial charge on any atom is 0.137 e. The van der Waals surface area contributed by atoms with E-state index < -0.39 is 0 Å². The molecule has 3 aromatic rings. The van der Waals surface area contributed by atoms with Gasteiger partial charge in [-0.2, -0.15) is 0 Å². The second kappa shape index (κ2) is 9.44. The number of fused-ring (bicyclic) bond motifs is 1. The predicted molar refractivity (Wildman–Crippen MR) is 116 cm³/mol. The van der Waals surface area contributed by atoms with E-state index in [1.165, 1.54) is 16.6 Å². The molecule has 144 valence electrons. The Labute approximate surface area is 174 Å². The lowest BCUT2D eigenvalue weighted by Gasteiger charge is -2.36. The molecular weight excluding hydrogens is 428 g/mol. The van der Waals surface area contributed by atoms with E-state index in [0.29, 0.717) is 0 Å². The Morgan fingerprint density at radius 2 is 1.93 bits per heavy atom. The number of halogens is 2. The zero-order valence-electron chi connectivity index (χ0n) is 15.1. The molecule has 0 bridgehead atoms. The first-order valence-electron chi connectivity index (χ1n) is 9.07. The molecule has 27 heavy (non-hydrogen) atoms. The van der Waals surface area contributed by atoms with Gasteiger partial charge < -0.3 is 14.6 Å². The minimum absolute atomic E-state index is 0. The van der Waals surface area contributed by atoms with Crippen molar-refractivity contribution in [1.29, 1.82) is 0 Å². The maximum atomic E-state index is 5.76. The summed E-state index contributed by atoms with van der Waals surface area (Å²) in [5.41, 5.74) is 2.55. The van der Waals surface area contributed by atoms with Crippen LogP contribution in [0.1, 0.15) is 6.42 Å². The van der Waals surface area contributed by atoms with Gasteiger partial charge in [0.05, 0.1) is 12.8 Å². The molecule has 0 amide bonds. The smallest absolute Gasteiger partial charge is 0.137 e. The van der Waals surface area contributed by atoms with Gasteiger partial charge in [-0.1, -0.05) is 6.07 Å². The molecule has 4 rings (SSSR count). The number of benzene rings is 1. The molecule has 2 aromatic heterocycles. The number of pyridine rings is 1. The molecule has 1 aromatic carbocycles. The fraction of sp³-hybridized carbons (Fsp3) is 0.350. The number of nitrogens with one attached hydrogen (secondary N) is 1. The third-order valence-electron chi connectivity index (χ3n) is 4.87. The average molecular weight is 452 g/mol. The van der Waals surface area contributed by atoms with Crippen LogP contribution >= 0.6 is 28.3 Å². The van der Waals surface area contributed by atoms with Crippen molar-refractivity contribution in [2.45, 2.75) is 6.42 Å². The van der Waals surface area contributed by atoms with Gasteiger partial charge in [0.15, 0.2) is 0 Å². The van der Waals surface area contributed by atoms with Crippen molar-refractivity contribution in [3.8, 4) is 5.75 Å². The zero-order valence-corrected chi connectivity index (χ0v) is 17.5. The Morgan fingerprint density at radius 1 is 1.07 bits per heavy atom. The summed E-state index contributed by atoms with van der Waals surface area (Å²) in [6.07, 6.45) is 4.80. The van der Waals surface area contributed by atoms with Crippen LogP contribution in [0.5, 0.6) is 5.75 Å². The minimum atomic E-state index is 0. The minimum Gasteiger partial charge on any atom is -0.492 e. The Balaban J connectivity index is 0.00000210. The quantitative estimate of drug-likeness (QED) is 0.447. The number of hydrogen-bond donors (Lipinski definition) is 1. The van der Waals surface area contributed by atoms with Gasteiger partial charge in [-0.15, -0.1) is 12.4 Å². The van der Waals surface area contributed by atoms with E-state index >= 15 is 0 Å². The van der Waals surface area contributed by atoms with Gasteiger partial charge in [-0.25, -0.2) is 4.98 Å². The Kier molecular flexibility index (Phi) is 6.99. The molecule has 0 aliphatic carbocycles. The molecule has 0 radical (unpaired) electrons. The second-order valence-corrected chi connectivity index (χ2v) is 7.38. The number of ether oxygens (including phenoxy) is 1. The highest BCUT2D eigenvalue weighted by Crippen LogP contribution is 2.26. The SMILES string of the molecule is Brc1ccc(OCCCN2CCN(c3cccc4[nH]ccc34)CC2)cn1.Cl. The van der Waals surface area contributed by atoms with Gasteiger partial charge in [0.2, 0.25) is 0 Å². The topological polar surface area (TPSA) is 44.4 Å². The molecule has 1 N–H and O–H groups in total. The summed E-state index contributed by atoms with van der Waals surface area (Å²) in [6, 6.07) is 12.5. The standard InChI is InChI=1S/C20H23BrN4O.ClH/c21-20-6-5-16(15-23-20)26-14-2-9-24-10-12-25(13-11-24)19-4-1-3-18-17(19)7-8-22-18;/h1,3-8,15,22H,2,9-14H2;1H. The first kappa shape index (κ1) is 20.0. The number of rotatable bonds is 6. The summed E-state index contributed by atoms with van der Waals surface area (Å²) in [7, 11) is 0. The van der Waals surface area contributed by atoms with E-state index in [0.717, 1.165) is 56.1 Å². The van der Waals surface area contributed by atoms with Crippen LogP contribution < -0.4 is 9.64 Å². The van der Waals surface area contributed by atoms with Crippen LogP contribution in [-0.2, 0) is 0 Å². The second-order valence-electron chi connectivity index (χ2n) is 6.56. The summed E-state index contributed by atoms with van der Waals surface area (Å²) in [5, 5.41) is 1.32. The molecule has 1 fully saturated rings. The van der Waals surface area contributed by atoms with Crippen LogP contribution in [0.15, 0.2) is 53.4 Å². The number of hydrogen-bond acceptors (Lipinski definition) is 4. The first-order valence-corrected chi connectivity index (χ1v) is 9.87. The molecule has 3 heterocycles. The van der Waals surface area contributed by atoms with Gasteiger partial charge in [0.1, 0.15) is 10.4 Å². The molecule has 7 heteroatoms. The van der Waals surface area contributed by atoms with Crippen molar-refractivity contribution in [2.24, 2.45) is 0 Å². The van der Waals surface area contributed by atoms with Crippen molar-refractivity contribution >= 4 is 44.9 Å². The number of anilines is 1. The molecule has 0 atom stereocenters. The van der Waals surface area contributed by atoms with E-state index in [9.17, 15) is 0 Å². The van der Waals surface area contributed by atoms with Crippen molar-refractivity contribution in [3.63, 3.8) is 0 Å². The summed E-state index contributed by atoms with van der Waals surface area (Å²) in [5.74, 6) is 0.831. The highest BCUT2D eigenvalue weighted by molar-refractivity contribution is 9.10. The number of aromatic nitrogens is 2. The summed E-state index contributed by atoms with van der Waals surface area (Å²) in [6.45, 7) is 6.14. The Hall–Kier alpha value is -1.76. The van der Waals surface area contributed by atoms with Gasteiger partial charge in [0.25, 0.3) is 0 Å². The average Bonchev–Trinajstić information content (AvgIpc) is 3.16. The van der Waals surface area contributed by atoms with Crippen molar-refractivity contribution in [2.75, 3.05) is 44.2 Å². The Bertz CT molecular complexity index is 847. The normalized spacial score (nSPS) is 14.9. The lowest BCUT2D eigenvalue weighted by molar-refractivity contribution is 0.224. The predicted octanol–water partition coefficient (Wildman–Crippen LogP) is 4.34. The first-order chi connectivity index (χ1) is 12.8. The van der Waals surface area contributed by atoms with E-state index in [1.807, 2.05) is 18.3 Å². The number of H-pyrrole nitrogens is 1. The summed E-state index contributed by atoms with van der Waals surface area (Å²) >= 11 is 3.33. The van der Waals surface area contributed by atoms with Crippen LogP contribution in [0.2, 0.25) is 0 Å². The molecule has 0 unspecified atom stereocenters. The van der Waals surface area contributed by atoms with E-state index in [2.05, 4.69) is 60.0 Å². The van der Waals surface area contributed by atoms with Gasteiger partial charge in [0, 0.05) is 55.5 Å². The number of piperazine rings is 1. The number of nitrogens with zero attached hydrogens (tertiary/aromatic N) is 3. The number of aromatic amines is 1. The summed E-state index contributed by atoms with van der Waals surface area (Å²) < 4.78 is 6.59. The molecule has 5 nitrogen and oxygen atoms in total. The maximum absolute atomic E-state index is 5.76. The summed E-state index contributed by atoms with van der Waals surface area (Å²) in [4.78, 5) is 12.5. The fourth-order valence-electron chi connectivity index (χ4n) is 3.48. The van der Waals surface area contributed by atoms with Gasteiger partial charge >= 0.3 is 0 Å². The largest absolute Gasteiger partial charge is 0.492 e. The van der Waals surface area contributed by atoms with Crippen LogP contribution in [0.4, 0.5) is 5.69 Å². The van der Waals surface area contributed by atoms with Crippen molar-refractivity contribution in [3.05, 3.63) is 53.4 Å². The molecular formula is C20H24BrClN4O. The van der Waals surface area contributed by atoms with Crippen molar-refractivity contribution in [1.82, 2.24) is 14.9 Å². The molecule has 1 aliphatic heterocycles. The zero-order chi connectivity index (χ0) is 17.8. The molecule has 1 saturated heterocycles. The van der Waals surface area contributed by atoms with Crippen LogP contribution in [-0.4, -0.2) is 54.2 Å². The monoisotopic (exact) mass is 450 g/mol. The third kappa shape index (κ3) is 4.94. The third-order valence-corrected chi connectivity index (χ3v) is 5.34. The van der Waals surface area contributed by atoms with Crippen LogP contribution in [0.3, 0.4) is 0 Å². The highest BCUT2D eigenvalue weighted by atomic mass is 79.9. The van der Waals surface area contributed by atoms with Crippen LogP contribution in [0, 0.1) is 0 Å². The van der Waals surface area contributed by atoms with E-state index in [1.54, 1.807) is 6.20 Å². The lowest BCUT2D eigenvalue weighted by atomic mass is 10.1. The van der Waals surface area contributed by atoms with E-state index in [-0.39, 0.29) is 12.4 Å². The van der Waals surface area contributed by atoms with Crippen LogP contribution in [0.25, 0.3) is 10.9 Å². The fourth-order valence-corrected chi connectivity index (χ4v) is 3.72. The lowest BCUT2D eigenvalue weighted by Crippen LogP contribution is -2.46. The van der Waals surface area contributed by atoms with Gasteiger partial charge in [-0.05, 0) is 52.7 Å². The van der Waals surface area contributed by atoms with Gasteiger partial charge in [-0.3, -0.25) is 4.90 Å². The van der Waals surface area contributed by atoms with Crippen molar-refractivity contribution < 1.29 is 4.74 Å². The molecule has 1 aliphatic rings. The highest BCUT2D eigenvalue weighted by Gasteiger charge is 2.18. The molecule has 0 saturated carbocycles. The Morgan fingerprint density at radius 3 is 2.70 bits per heavy atom.